The summed E-state index contributed by atoms with van der Waals surface area (Å²) in [6, 6.07) is 2.41. The van der Waals surface area contributed by atoms with Crippen molar-refractivity contribution >= 4 is 0 Å². The average Bonchev–Trinajstić information content (AvgIpc) is 2.84. The van der Waals surface area contributed by atoms with Gasteiger partial charge in [-0.2, -0.15) is 5.10 Å². The van der Waals surface area contributed by atoms with E-state index in [1.807, 2.05) is 24.1 Å². The van der Waals surface area contributed by atoms with Crippen molar-refractivity contribution in [2.45, 2.75) is 39.8 Å². The zero-order valence-electron chi connectivity index (χ0n) is 12.1. The van der Waals surface area contributed by atoms with E-state index in [-0.39, 0.29) is 6.04 Å². The molecule has 19 heavy (non-hydrogen) atoms. The summed E-state index contributed by atoms with van der Waals surface area (Å²) < 4.78 is 1.96. The number of pyridine rings is 1. The highest BCUT2D eigenvalue weighted by Crippen LogP contribution is 2.20. The van der Waals surface area contributed by atoms with Crippen LogP contribution in [0.1, 0.15) is 35.3 Å². The van der Waals surface area contributed by atoms with Gasteiger partial charge in [0.15, 0.2) is 0 Å². The molecule has 2 heterocycles. The fourth-order valence-electron chi connectivity index (χ4n) is 2.35. The maximum Gasteiger partial charge on any atom is 0.0605 e. The first-order chi connectivity index (χ1) is 9.13. The number of hydrogen-bond donors (Lipinski definition) is 1. The van der Waals surface area contributed by atoms with Crippen molar-refractivity contribution in [3.63, 3.8) is 0 Å². The summed E-state index contributed by atoms with van der Waals surface area (Å²) in [6.07, 6.45) is 6.89. The number of nitrogens with one attached hydrogen (secondary N) is 1. The number of hydrogen-bond acceptors (Lipinski definition) is 3. The normalized spacial score (nSPS) is 12.6. The Balaban J connectivity index is 2.19. The molecule has 0 radical (unpaired) electrons. The van der Waals surface area contributed by atoms with Gasteiger partial charge in [0.25, 0.3) is 0 Å². The second-order valence-electron chi connectivity index (χ2n) is 4.96. The Hall–Kier alpha value is -1.68. The van der Waals surface area contributed by atoms with Gasteiger partial charge >= 0.3 is 0 Å². The van der Waals surface area contributed by atoms with E-state index < -0.39 is 0 Å². The predicted molar refractivity (Wildman–Crippen MR) is 77.1 cm³/mol. The molecule has 0 aliphatic carbocycles. The van der Waals surface area contributed by atoms with E-state index in [9.17, 15) is 0 Å². The van der Waals surface area contributed by atoms with Crippen LogP contribution in [0.2, 0.25) is 0 Å². The Kier molecular flexibility index (Phi) is 4.32. The molecule has 1 N–H and O–H groups in total. The van der Waals surface area contributed by atoms with Crippen LogP contribution < -0.4 is 5.32 Å². The van der Waals surface area contributed by atoms with Crippen LogP contribution in [-0.2, 0) is 13.0 Å². The van der Waals surface area contributed by atoms with E-state index in [1.165, 1.54) is 16.7 Å². The molecule has 4 nitrogen and oxygen atoms in total. The van der Waals surface area contributed by atoms with Crippen molar-refractivity contribution in [1.82, 2.24) is 20.1 Å². The number of likely N-dealkylation sites (N-methyl/N-ethyl adjacent to an activating group) is 1. The van der Waals surface area contributed by atoms with Gasteiger partial charge in [0.05, 0.1) is 17.9 Å². The molecule has 0 fully saturated rings. The molecule has 0 saturated heterocycles. The molecule has 102 valence electrons. The summed E-state index contributed by atoms with van der Waals surface area (Å²) in [4.78, 5) is 4.58. The van der Waals surface area contributed by atoms with Crippen LogP contribution in [-0.4, -0.2) is 21.8 Å². The molecule has 2 rings (SSSR count). The van der Waals surface area contributed by atoms with Crippen LogP contribution in [0, 0.1) is 13.8 Å². The molecule has 0 saturated carbocycles. The molecular weight excluding hydrogens is 236 g/mol. The minimum Gasteiger partial charge on any atom is -0.311 e. The molecule has 1 atom stereocenters. The van der Waals surface area contributed by atoms with Gasteiger partial charge in [-0.15, -0.1) is 0 Å². The zero-order valence-corrected chi connectivity index (χ0v) is 12.1. The van der Waals surface area contributed by atoms with Gasteiger partial charge in [-0.1, -0.05) is 6.07 Å². The molecule has 0 amide bonds. The van der Waals surface area contributed by atoms with E-state index in [1.54, 1.807) is 0 Å². The van der Waals surface area contributed by atoms with E-state index >= 15 is 0 Å². The van der Waals surface area contributed by atoms with Gasteiger partial charge in [0, 0.05) is 18.9 Å². The summed E-state index contributed by atoms with van der Waals surface area (Å²) >= 11 is 0. The highest BCUT2D eigenvalue weighted by atomic mass is 15.3. The molecule has 0 aromatic carbocycles. The summed E-state index contributed by atoms with van der Waals surface area (Å²) in [5, 5.41) is 7.68. The lowest BCUT2D eigenvalue weighted by atomic mass is 10.0. The molecule has 0 aliphatic rings. The lowest BCUT2D eigenvalue weighted by molar-refractivity contribution is 0.571. The molecule has 0 spiro atoms. The van der Waals surface area contributed by atoms with Crippen molar-refractivity contribution in [1.29, 1.82) is 0 Å². The Morgan fingerprint density at radius 3 is 2.68 bits per heavy atom. The van der Waals surface area contributed by atoms with Crippen molar-refractivity contribution in [3.05, 3.63) is 47.0 Å². The van der Waals surface area contributed by atoms with Gasteiger partial charge in [-0.3, -0.25) is 9.67 Å². The molecule has 0 bridgehead atoms. The lowest BCUT2D eigenvalue weighted by Crippen LogP contribution is -2.21. The van der Waals surface area contributed by atoms with Crippen LogP contribution in [0.5, 0.6) is 0 Å². The molecule has 1 unspecified atom stereocenters. The van der Waals surface area contributed by atoms with Crippen molar-refractivity contribution < 1.29 is 0 Å². The lowest BCUT2D eigenvalue weighted by Gasteiger charge is -2.17. The Morgan fingerprint density at radius 2 is 2.11 bits per heavy atom. The highest BCUT2D eigenvalue weighted by Gasteiger charge is 2.15. The maximum absolute atomic E-state index is 4.58. The third-order valence-corrected chi connectivity index (χ3v) is 3.38. The average molecular weight is 258 g/mol. The first-order valence-electron chi connectivity index (χ1n) is 6.75. The third-order valence-electron chi connectivity index (χ3n) is 3.38. The van der Waals surface area contributed by atoms with Crippen molar-refractivity contribution in [2.24, 2.45) is 0 Å². The first-order valence-corrected chi connectivity index (χ1v) is 6.75. The smallest absolute Gasteiger partial charge is 0.0605 e. The van der Waals surface area contributed by atoms with Crippen molar-refractivity contribution in [2.75, 3.05) is 7.05 Å². The summed E-state index contributed by atoms with van der Waals surface area (Å²) in [5.41, 5.74) is 4.80. The molecule has 0 aliphatic heterocycles. The maximum atomic E-state index is 4.58. The first kappa shape index (κ1) is 13.7. The minimum absolute atomic E-state index is 0.232. The largest absolute Gasteiger partial charge is 0.311 e. The van der Waals surface area contributed by atoms with Gasteiger partial charge in [0.2, 0.25) is 0 Å². The highest BCUT2D eigenvalue weighted by molar-refractivity contribution is 5.27. The SMILES string of the molecule is CCn1cc(CC(NC)c2ncc(C)cc2C)cn1. The van der Waals surface area contributed by atoms with E-state index in [0.29, 0.717) is 0 Å². The van der Waals surface area contributed by atoms with Crippen LogP contribution >= 0.6 is 0 Å². The van der Waals surface area contributed by atoms with E-state index in [4.69, 9.17) is 0 Å². The Labute approximate surface area is 114 Å². The number of aryl methyl sites for hydroxylation is 3. The van der Waals surface area contributed by atoms with Crippen LogP contribution in [0.3, 0.4) is 0 Å². The summed E-state index contributed by atoms with van der Waals surface area (Å²) in [7, 11) is 1.98. The second kappa shape index (κ2) is 5.97. The predicted octanol–water partition coefficient (Wildman–Crippen LogP) is 2.42. The monoisotopic (exact) mass is 258 g/mol. The molecule has 2 aromatic heterocycles. The quantitative estimate of drug-likeness (QED) is 0.895. The van der Waals surface area contributed by atoms with Crippen LogP contribution in [0.15, 0.2) is 24.7 Å². The fraction of sp³-hybridized carbons (Fsp3) is 0.467. The van der Waals surface area contributed by atoms with Crippen LogP contribution in [0.4, 0.5) is 0 Å². The molecule has 4 heteroatoms. The fourth-order valence-corrected chi connectivity index (χ4v) is 2.35. The Morgan fingerprint density at radius 1 is 1.32 bits per heavy atom. The van der Waals surface area contributed by atoms with Gasteiger partial charge in [-0.25, -0.2) is 0 Å². The standard InChI is InChI=1S/C15H22N4/c1-5-19-10-13(9-18-19)7-14(16-4)15-12(3)6-11(2)8-17-15/h6,8-10,14,16H,5,7H2,1-4H3. The third kappa shape index (κ3) is 3.20. The van der Waals surface area contributed by atoms with Gasteiger partial charge in [-0.05, 0) is 50.9 Å². The Bertz CT molecular complexity index is 545. The number of aromatic nitrogens is 3. The van der Waals surface area contributed by atoms with Gasteiger partial charge in [0.1, 0.15) is 0 Å². The van der Waals surface area contributed by atoms with E-state index in [2.05, 4.69) is 48.4 Å². The minimum atomic E-state index is 0.232. The second-order valence-corrected chi connectivity index (χ2v) is 4.96. The summed E-state index contributed by atoms with van der Waals surface area (Å²) in [6.45, 7) is 7.20. The van der Waals surface area contributed by atoms with Crippen LogP contribution in [0.25, 0.3) is 0 Å². The van der Waals surface area contributed by atoms with Crippen molar-refractivity contribution in [3.8, 4) is 0 Å². The molecular formula is C15H22N4. The topological polar surface area (TPSA) is 42.7 Å². The summed E-state index contributed by atoms with van der Waals surface area (Å²) in [5.74, 6) is 0. The zero-order chi connectivity index (χ0) is 13.8. The number of nitrogens with zero attached hydrogens (tertiary/aromatic N) is 3. The molecule has 2 aromatic rings. The van der Waals surface area contributed by atoms with E-state index in [0.717, 1.165) is 18.7 Å². The van der Waals surface area contributed by atoms with Gasteiger partial charge < -0.3 is 5.32 Å². The number of rotatable bonds is 5.